The number of halogens is 3. The van der Waals surface area contributed by atoms with Crippen LogP contribution >= 0.6 is 0 Å². The minimum Gasteiger partial charge on any atom is -0.506 e. The molecular formula is C24H23F3N2O5S. The first-order valence-electron chi connectivity index (χ1n) is 10.5. The Bertz CT molecular complexity index is 1410. The molecule has 0 saturated carbocycles. The van der Waals surface area contributed by atoms with Crippen molar-refractivity contribution >= 4 is 21.4 Å². The minimum atomic E-state index is -4.67. The fourth-order valence-corrected chi connectivity index (χ4v) is 4.35. The van der Waals surface area contributed by atoms with Crippen molar-refractivity contribution in [3.8, 4) is 5.75 Å². The van der Waals surface area contributed by atoms with Gasteiger partial charge in [-0.25, -0.2) is 8.42 Å². The van der Waals surface area contributed by atoms with Crippen LogP contribution in [0.3, 0.4) is 0 Å². The predicted molar refractivity (Wildman–Crippen MR) is 124 cm³/mol. The summed E-state index contributed by atoms with van der Waals surface area (Å²) in [6, 6.07) is 10.6. The van der Waals surface area contributed by atoms with Gasteiger partial charge in [0.25, 0.3) is 11.5 Å². The number of carbonyl (C=O) groups excluding carboxylic acids is 1. The molecule has 1 amide bonds. The van der Waals surface area contributed by atoms with Gasteiger partial charge in [-0.1, -0.05) is 18.2 Å². The summed E-state index contributed by atoms with van der Waals surface area (Å²) in [5.74, 6) is -1.31. The molecule has 0 aliphatic carbocycles. The second-order valence-electron chi connectivity index (χ2n) is 8.20. The van der Waals surface area contributed by atoms with E-state index in [0.29, 0.717) is 5.56 Å². The fourth-order valence-electron chi connectivity index (χ4n) is 3.29. The molecule has 2 N–H and O–H groups in total. The lowest BCUT2D eigenvalue weighted by Crippen LogP contribution is -2.34. The maximum atomic E-state index is 13.3. The van der Waals surface area contributed by atoms with Crippen molar-refractivity contribution in [1.29, 1.82) is 0 Å². The van der Waals surface area contributed by atoms with Crippen molar-refractivity contribution < 1.29 is 31.5 Å². The van der Waals surface area contributed by atoms with Gasteiger partial charge in [-0.3, -0.25) is 9.59 Å². The van der Waals surface area contributed by atoms with Gasteiger partial charge in [0, 0.05) is 11.8 Å². The zero-order chi connectivity index (χ0) is 26.1. The second-order valence-corrected chi connectivity index (χ2v) is 10.7. The SMILES string of the molecule is Cc1[nH]c(=O)c(C(=O)N(Cc2ccc(S(=O)(=O)C(C)C)cc2)c2cccc(C(F)(F)F)c2)cc1O. The summed E-state index contributed by atoms with van der Waals surface area (Å²) in [5.41, 5.74) is -1.88. The van der Waals surface area contributed by atoms with Gasteiger partial charge in [0.15, 0.2) is 9.84 Å². The Morgan fingerprint density at radius 2 is 1.71 bits per heavy atom. The molecule has 2 aromatic carbocycles. The molecule has 0 saturated heterocycles. The zero-order valence-electron chi connectivity index (χ0n) is 19.1. The Balaban J connectivity index is 2.08. The monoisotopic (exact) mass is 508 g/mol. The van der Waals surface area contributed by atoms with Crippen molar-refractivity contribution in [2.45, 2.75) is 43.6 Å². The number of hydrogen-bond acceptors (Lipinski definition) is 5. The molecule has 1 aromatic heterocycles. The number of hydrogen-bond donors (Lipinski definition) is 2. The van der Waals surface area contributed by atoms with E-state index in [4.69, 9.17) is 0 Å². The maximum Gasteiger partial charge on any atom is 0.416 e. The molecule has 11 heteroatoms. The first-order chi connectivity index (χ1) is 16.2. The lowest BCUT2D eigenvalue weighted by molar-refractivity contribution is -0.137. The van der Waals surface area contributed by atoms with Crippen LogP contribution < -0.4 is 10.5 Å². The maximum absolute atomic E-state index is 13.3. The molecule has 0 aliphatic rings. The van der Waals surface area contributed by atoms with Crippen LogP contribution in [0.1, 0.15) is 41.0 Å². The number of rotatable bonds is 6. The third kappa shape index (κ3) is 5.56. The average Bonchev–Trinajstić information content (AvgIpc) is 2.79. The molecule has 0 spiro atoms. The number of aromatic amines is 1. The number of benzene rings is 2. The number of carbonyl (C=O) groups is 1. The number of anilines is 1. The van der Waals surface area contributed by atoms with Crippen molar-refractivity contribution in [2.75, 3.05) is 4.90 Å². The van der Waals surface area contributed by atoms with Crippen LogP contribution in [0.2, 0.25) is 0 Å². The van der Waals surface area contributed by atoms with E-state index in [1.165, 1.54) is 51.1 Å². The lowest BCUT2D eigenvalue weighted by atomic mass is 10.1. The van der Waals surface area contributed by atoms with E-state index in [0.717, 1.165) is 29.2 Å². The molecule has 0 unspecified atom stereocenters. The summed E-state index contributed by atoms with van der Waals surface area (Å²) in [7, 11) is -3.55. The summed E-state index contributed by atoms with van der Waals surface area (Å²) in [4.78, 5) is 29.1. The standard InChI is InChI=1S/C24H23F3N2O5S/c1-14(2)35(33,34)19-9-7-16(8-10-19)13-29(18-6-4-5-17(11-18)24(25,26)27)23(32)20-12-21(30)15(3)28-22(20)31/h4-12,14,30H,13H2,1-3H3,(H,28,31). The van der Waals surface area contributed by atoms with Gasteiger partial charge in [0.05, 0.1) is 27.9 Å². The molecule has 35 heavy (non-hydrogen) atoms. The molecule has 0 bridgehead atoms. The number of nitrogens with zero attached hydrogens (tertiary/aromatic N) is 1. The van der Waals surface area contributed by atoms with E-state index >= 15 is 0 Å². The van der Waals surface area contributed by atoms with Crippen LogP contribution in [-0.4, -0.2) is 29.7 Å². The number of H-pyrrole nitrogens is 1. The number of amides is 1. The highest BCUT2D eigenvalue weighted by Crippen LogP contribution is 2.32. The molecule has 0 fully saturated rings. The summed E-state index contributed by atoms with van der Waals surface area (Å²) >= 11 is 0. The van der Waals surface area contributed by atoms with E-state index in [1.54, 1.807) is 0 Å². The van der Waals surface area contributed by atoms with Gasteiger partial charge < -0.3 is 15.0 Å². The molecule has 3 rings (SSSR count). The van der Waals surface area contributed by atoms with Gasteiger partial charge in [-0.2, -0.15) is 13.2 Å². The summed E-state index contributed by atoms with van der Waals surface area (Å²) in [6.07, 6.45) is -4.67. The normalized spacial score (nSPS) is 12.1. The molecule has 1 heterocycles. The first kappa shape index (κ1) is 26.0. The van der Waals surface area contributed by atoms with Crippen LogP contribution in [0, 0.1) is 6.92 Å². The summed E-state index contributed by atoms with van der Waals surface area (Å²) < 4.78 is 64.7. The Labute approximate surface area is 199 Å². The molecule has 0 radical (unpaired) electrons. The third-order valence-electron chi connectivity index (χ3n) is 5.38. The van der Waals surface area contributed by atoms with Gasteiger partial charge >= 0.3 is 6.18 Å². The smallest absolute Gasteiger partial charge is 0.416 e. The van der Waals surface area contributed by atoms with Crippen LogP contribution in [0.5, 0.6) is 5.75 Å². The Hall–Kier alpha value is -3.60. The van der Waals surface area contributed by atoms with E-state index < -0.39 is 43.9 Å². The van der Waals surface area contributed by atoms with E-state index in [2.05, 4.69) is 4.98 Å². The highest BCUT2D eigenvalue weighted by atomic mass is 32.2. The number of sulfone groups is 1. The van der Waals surface area contributed by atoms with Crippen LogP contribution in [-0.2, 0) is 22.6 Å². The third-order valence-corrected chi connectivity index (χ3v) is 7.56. The number of aryl methyl sites for hydroxylation is 1. The fraction of sp³-hybridized carbons (Fsp3) is 0.250. The van der Waals surface area contributed by atoms with E-state index in [-0.39, 0.29) is 28.6 Å². The molecule has 7 nitrogen and oxygen atoms in total. The van der Waals surface area contributed by atoms with Crippen molar-refractivity contribution in [2.24, 2.45) is 0 Å². The lowest BCUT2D eigenvalue weighted by Gasteiger charge is -2.24. The van der Waals surface area contributed by atoms with Crippen molar-refractivity contribution in [1.82, 2.24) is 4.98 Å². The minimum absolute atomic E-state index is 0.0631. The summed E-state index contributed by atoms with van der Waals surface area (Å²) in [6.45, 7) is 4.22. The van der Waals surface area contributed by atoms with E-state index in [1.807, 2.05) is 0 Å². The number of aromatic hydroxyl groups is 1. The topological polar surface area (TPSA) is 108 Å². The van der Waals surface area contributed by atoms with E-state index in [9.17, 15) is 36.3 Å². The van der Waals surface area contributed by atoms with Crippen molar-refractivity contribution in [3.05, 3.63) is 87.3 Å². The molecule has 0 atom stereocenters. The quantitative estimate of drug-likeness (QED) is 0.512. The number of pyridine rings is 1. The number of alkyl halides is 3. The largest absolute Gasteiger partial charge is 0.506 e. The molecule has 3 aromatic rings. The molecule has 0 aliphatic heterocycles. The summed E-state index contributed by atoms with van der Waals surface area (Å²) in [5, 5.41) is 9.32. The first-order valence-corrected chi connectivity index (χ1v) is 12.0. The highest BCUT2D eigenvalue weighted by molar-refractivity contribution is 7.92. The van der Waals surface area contributed by atoms with Crippen LogP contribution in [0.25, 0.3) is 0 Å². The zero-order valence-corrected chi connectivity index (χ0v) is 19.9. The highest BCUT2D eigenvalue weighted by Gasteiger charge is 2.32. The van der Waals surface area contributed by atoms with Gasteiger partial charge in [-0.05, 0) is 56.7 Å². The van der Waals surface area contributed by atoms with Gasteiger partial charge in [0.2, 0.25) is 0 Å². The predicted octanol–water partition coefficient (Wildman–Crippen LogP) is 4.44. The molecule has 186 valence electrons. The van der Waals surface area contributed by atoms with Crippen molar-refractivity contribution in [3.63, 3.8) is 0 Å². The second kappa shape index (κ2) is 9.57. The number of aromatic nitrogens is 1. The Morgan fingerprint density at radius 1 is 1.09 bits per heavy atom. The molecular weight excluding hydrogens is 485 g/mol. The number of nitrogens with one attached hydrogen (secondary N) is 1. The van der Waals surface area contributed by atoms with Crippen LogP contribution in [0.15, 0.2) is 64.3 Å². The van der Waals surface area contributed by atoms with Gasteiger partial charge in [-0.15, -0.1) is 0 Å². The Morgan fingerprint density at radius 3 is 2.29 bits per heavy atom. The van der Waals surface area contributed by atoms with Crippen LogP contribution in [0.4, 0.5) is 18.9 Å². The van der Waals surface area contributed by atoms with Gasteiger partial charge in [0.1, 0.15) is 11.3 Å². The Kier molecular flexibility index (Phi) is 7.11. The average molecular weight is 509 g/mol.